The predicted molar refractivity (Wildman–Crippen MR) is 303 cm³/mol. The zero-order valence-corrected chi connectivity index (χ0v) is 42.3. The lowest BCUT2D eigenvalue weighted by molar-refractivity contribution is 0.809. The minimum atomic E-state index is -0.544. The van der Waals surface area contributed by atoms with Crippen LogP contribution in [0.1, 0.15) is 124 Å². The van der Waals surface area contributed by atoms with Gasteiger partial charge in [0.2, 0.25) is 0 Å². The lowest BCUT2D eigenvalue weighted by Gasteiger charge is -2.33. The zero-order chi connectivity index (χ0) is 48.7. The number of fused-ring (bicyclic) bond motifs is 14. The van der Waals surface area contributed by atoms with Gasteiger partial charge in [0.15, 0.2) is 0 Å². The topological polar surface area (TPSA) is 6.48 Å². The Morgan fingerprint density at radius 3 is 0.887 bits per heavy atom. The van der Waals surface area contributed by atoms with Gasteiger partial charge in [0, 0.05) is 34.1 Å². The maximum atomic E-state index is 2.43. The molecule has 71 heavy (non-hydrogen) atoms. The highest BCUT2D eigenvalue weighted by atomic mass is 15.1. The van der Waals surface area contributed by atoms with Crippen LogP contribution in [0.2, 0.25) is 0 Å². The molecule has 0 saturated carbocycles. The van der Waals surface area contributed by atoms with Crippen molar-refractivity contribution in [3.05, 3.63) is 251 Å². The lowest BCUT2D eigenvalue weighted by Crippen LogP contribution is -2.26. The van der Waals surface area contributed by atoms with Crippen LogP contribution >= 0.6 is 0 Å². The van der Waals surface area contributed by atoms with E-state index >= 15 is 0 Å². The first-order valence-corrected chi connectivity index (χ1v) is 25.9. The van der Waals surface area contributed by atoms with Gasteiger partial charge in [0.05, 0.1) is 5.41 Å². The van der Waals surface area contributed by atoms with Crippen molar-refractivity contribution in [2.24, 2.45) is 0 Å². The van der Waals surface area contributed by atoms with Crippen LogP contribution in [0.3, 0.4) is 0 Å². The normalized spacial score (nSPS) is 13.1. The number of hydrogen-bond acceptors (Lipinski definition) is 2. The summed E-state index contributed by atoms with van der Waals surface area (Å²) < 4.78 is 0. The summed E-state index contributed by atoms with van der Waals surface area (Å²) in [5, 5.41) is 5.02. The van der Waals surface area contributed by atoms with Crippen molar-refractivity contribution >= 4 is 55.7 Å². The van der Waals surface area contributed by atoms with Gasteiger partial charge in [-0.05, 0) is 185 Å². The van der Waals surface area contributed by atoms with E-state index in [9.17, 15) is 0 Å². The first-order valence-electron chi connectivity index (χ1n) is 25.9. The van der Waals surface area contributed by atoms with E-state index in [1.54, 1.807) is 0 Å². The average Bonchev–Trinajstić information content (AvgIpc) is 3.87. The molecule has 0 unspecified atom stereocenters. The standard InChI is InChI=1S/C69H62N2/c1-43(2)47-17-27-53(28-18-47)70(54-29-19-48(20-30-54)44(3)4)57-35-39-59-51(41-57)25-37-63-64-38-26-52-42-58(71(55-31-21-49(22-32-55)45(5)6)56-33-23-50(24-34-56)46(7)8)36-40-60(52)68(64)69(67(59)63)65-15-11-9-13-61(65)62-14-10-12-16-66(62)69/h9-46H,1-8H3. The Bertz CT molecular complexity index is 3280. The van der Waals surface area contributed by atoms with Crippen molar-refractivity contribution in [1.29, 1.82) is 0 Å². The lowest BCUT2D eigenvalue weighted by atomic mass is 9.68. The van der Waals surface area contributed by atoms with Gasteiger partial charge in [-0.15, -0.1) is 0 Å². The van der Waals surface area contributed by atoms with Crippen molar-refractivity contribution in [3.8, 4) is 22.3 Å². The van der Waals surface area contributed by atoms with Gasteiger partial charge in [-0.3, -0.25) is 0 Å². The monoisotopic (exact) mass is 918 g/mol. The van der Waals surface area contributed by atoms with E-state index in [2.05, 4.69) is 271 Å². The highest BCUT2D eigenvalue weighted by Crippen LogP contribution is 2.65. The molecule has 348 valence electrons. The highest BCUT2D eigenvalue weighted by molar-refractivity contribution is 6.10. The van der Waals surface area contributed by atoms with Gasteiger partial charge in [-0.1, -0.05) is 189 Å². The second-order valence-corrected chi connectivity index (χ2v) is 21.3. The molecule has 0 N–H and O–H groups in total. The Balaban J connectivity index is 1.07. The van der Waals surface area contributed by atoms with Crippen LogP contribution in [0.15, 0.2) is 206 Å². The van der Waals surface area contributed by atoms with Gasteiger partial charge in [0.25, 0.3) is 0 Å². The van der Waals surface area contributed by atoms with Crippen molar-refractivity contribution in [2.45, 2.75) is 84.5 Å². The van der Waals surface area contributed by atoms with Crippen molar-refractivity contribution in [3.63, 3.8) is 0 Å². The summed E-state index contributed by atoms with van der Waals surface area (Å²) in [5.74, 6) is 1.84. The maximum absolute atomic E-state index is 2.43. The molecule has 10 aromatic rings. The Morgan fingerprint density at radius 2 is 0.577 bits per heavy atom. The fourth-order valence-corrected chi connectivity index (χ4v) is 12.0. The summed E-state index contributed by atoms with van der Waals surface area (Å²) in [6, 6.07) is 79.0. The van der Waals surface area contributed by atoms with E-state index in [4.69, 9.17) is 0 Å². The summed E-state index contributed by atoms with van der Waals surface area (Å²) in [7, 11) is 0. The minimum Gasteiger partial charge on any atom is -0.310 e. The maximum Gasteiger partial charge on any atom is 0.0737 e. The molecule has 0 bridgehead atoms. The van der Waals surface area contributed by atoms with E-state index < -0.39 is 5.41 Å². The van der Waals surface area contributed by atoms with Gasteiger partial charge >= 0.3 is 0 Å². The number of anilines is 6. The molecule has 2 nitrogen and oxygen atoms in total. The number of hydrogen-bond donors (Lipinski definition) is 0. The molecule has 0 atom stereocenters. The minimum absolute atomic E-state index is 0.460. The molecule has 12 rings (SSSR count). The molecule has 0 saturated heterocycles. The van der Waals surface area contributed by atoms with E-state index in [-0.39, 0.29) is 0 Å². The Kier molecular flexibility index (Phi) is 10.9. The third-order valence-electron chi connectivity index (χ3n) is 15.8. The molecule has 1 spiro atoms. The fraction of sp³-hybridized carbons (Fsp3) is 0.188. The molecule has 2 heteroatoms. The molecule has 0 heterocycles. The molecule has 0 fully saturated rings. The van der Waals surface area contributed by atoms with Crippen LogP contribution in [-0.2, 0) is 5.41 Å². The molecular formula is C69H62N2. The average molecular weight is 919 g/mol. The van der Waals surface area contributed by atoms with Crippen LogP contribution in [0.4, 0.5) is 34.1 Å². The zero-order valence-electron chi connectivity index (χ0n) is 42.3. The van der Waals surface area contributed by atoms with Gasteiger partial charge in [-0.25, -0.2) is 0 Å². The van der Waals surface area contributed by atoms with Gasteiger partial charge in [-0.2, -0.15) is 0 Å². The largest absolute Gasteiger partial charge is 0.310 e. The van der Waals surface area contributed by atoms with Gasteiger partial charge < -0.3 is 9.80 Å². The Morgan fingerprint density at radius 1 is 0.282 bits per heavy atom. The summed E-state index contributed by atoms with van der Waals surface area (Å²) in [6.07, 6.45) is 0. The van der Waals surface area contributed by atoms with Crippen LogP contribution in [0.25, 0.3) is 43.8 Å². The smallest absolute Gasteiger partial charge is 0.0737 e. The Hall–Kier alpha value is -7.68. The van der Waals surface area contributed by atoms with Crippen LogP contribution in [-0.4, -0.2) is 0 Å². The van der Waals surface area contributed by atoms with Crippen molar-refractivity contribution < 1.29 is 0 Å². The predicted octanol–water partition coefficient (Wildman–Crippen LogP) is 19.8. The molecule has 0 aliphatic heterocycles. The summed E-state index contributed by atoms with van der Waals surface area (Å²) in [6.45, 7) is 18.1. The third-order valence-corrected chi connectivity index (χ3v) is 15.8. The number of nitrogens with zero attached hydrogens (tertiary/aromatic N) is 2. The van der Waals surface area contributed by atoms with Crippen molar-refractivity contribution in [2.75, 3.05) is 9.80 Å². The molecule has 0 aromatic heterocycles. The summed E-state index contributed by atoms with van der Waals surface area (Å²) in [5.41, 5.74) is 22.4. The number of rotatable bonds is 10. The third kappa shape index (κ3) is 7.13. The molecular weight excluding hydrogens is 857 g/mol. The summed E-state index contributed by atoms with van der Waals surface area (Å²) >= 11 is 0. The molecule has 2 aliphatic rings. The second-order valence-electron chi connectivity index (χ2n) is 21.3. The SMILES string of the molecule is CC(C)c1ccc(N(c2ccc(C(C)C)cc2)c2ccc3c4c(ccc3c2)-c2ccc3cc(N(c5ccc(C(C)C)cc5)c5ccc(C(C)C)cc5)ccc3c2C42c3ccccc3-c3ccccc32)cc1. The van der Waals surface area contributed by atoms with E-state index in [1.807, 2.05) is 0 Å². The van der Waals surface area contributed by atoms with Crippen LogP contribution in [0.5, 0.6) is 0 Å². The van der Waals surface area contributed by atoms with Crippen molar-refractivity contribution in [1.82, 2.24) is 0 Å². The molecule has 0 radical (unpaired) electrons. The summed E-state index contributed by atoms with van der Waals surface area (Å²) in [4.78, 5) is 4.86. The first kappa shape index (κ1) is 44.5. The van der Waals surface area contributed by atoms with E-state index in [0.29, 0.717) is 23.7 Å². The second kappa shape index (κ2) is 17.3. The van der Waals surface area contributed by atoms with Crippen LogP contribution < -0.4 is 9.80 Å². The van der Waals surface area contributed by atoms with E-state index in [1.165, 1.54) is 88.3 Å². The fourth-order valence-electron chi connectivity index (χ4n) is 12.0. The van der Waals surface area contributed by atoms with Gasteiger partial charge in [0.1, 0.15) is 0 Å². The Labute approximate surface area is 420 Å². The number of benzene rings is 10. The highest BCUT2D eigenvalue weighted by Gasteiger charge is 2.53. The first-order chi connectivity index (χ1) is 34.5. The molecule has 2 aliphatic carbocycles. The van der Waals surface area contributed by atoms with Crippen LogP contribution in [0, 0.1) is 0 Å². The quantitative estimate of drug-likeness (QED) is 0.135. The van der Waals surface area contributed by atoms with E-state index in [0.717, 1.165) is 34.1 Å². The molecule has 10 aromatic carbocycles. The molecule has 0 amide bonds.